The first-order valence-electron chi connectivity index (χ1n) is 12.4. The fourth-order valence-electron chi connectivity index (χ4n) is 3.89. The summed E-state index contributed by atoms with van der Waals surface area (Å²) in [6.45, 7) is 2.91. The number of thioether (sulfide) groups is 1. The van der Waals surface area contributed by atoms with Crippen LogP contribution in [0.15, 0.2) is 108 Å². The third kappa shape index (κ3) is 7.73. The lowest BCUT2D eigenvalue weighted by molar-refractivity contribution is 0.101. The summed E-state index contributed by atoms with van der Waals surface area (Å²) in [5.74, 6) is 2.48. The van der Waals surface area contributed by atoms with E-state index in [1.54, 1.807) is 32.9 Å². The predicted molar refractivity (Wildman–Crippen MR) is 157 cm³/mol. The first-order valence-corrected chi connectivity index (χ1v) is 13.4. The fraction of sp³-hybridized carbons (Fsp3) is 0.188. The van der Waals surface area contributed by atoms with Crippen LogP contribution >= 0.6 is 11.8 Å². The third-order valence-corrected chi connectivity index (χ3v) is 7.13. The summed E-state index contributed by atoms with van der Waals surface area (Å²) >= 11 is 1.70. The zero-order chi connectivity index (χ0) is 26.7. The minimum absolute atomic E-state index is 0.0415. The molecule has 0 fully saturated rings. The largest absolute Gasteiger partial charge is 0.497 e. The number of Topliss-reactive ketones (excluding diaryl/α,β-unsaturated/α-hetero) is 1. The molecular formula is C32H32N2O3S. The third-order valence-electron chi connectivity index (χ3n) is 6.04. The molecule has 5 nitrogen and oxygen atoms in total. The van der Waals surface area contributed by atoms with Crippen molar-refractivity contribution in [3.8, 4) is 11.5 Å². The quantitative estimate of drug-likeness (QED) is 0.122. The molecule has 6 heteroatoms. The maximum atomic E-state index is 11.8. The maximum Gasteiger partial charge on any atom is 0.165 e. The maximum absolute atomic E-state index is 11.8. The number of aliphatic imine (C=N–C) groups is 1. The number of carbonyl (C=O) groups excluding carboxylic acids is 1. The minimum Gasteiger partial charge on any atom is -0.497 e. The van der Waals surface area contributed by atoms with E-state index in [4.69, 9.17) is 14.5 Å². The normalized spacial score (nSPS) is 11.2. The monoisotopic (exact) mass is 524 g/mol. The molecule has 0 radical (unpaired) electrons. The minimum atomic E-state index is 0.0415. The number of nitrogens with zero attached hydrogens (tertiary/aromatic N) is 2. The van der Waals surface area contributed by atoms with Gasteiger partial charge in [0.15, 0.2) is 11.0 Å². The van der Waals surface area contributed by atoms with Gasteiger partial charge in [0.25, 0.3) is 0 Å². The van der Waals surface area contributed by atoms with Crippen molar-refractivity contribution in [1.82, 2.24) is 4.90 Å². The number of rotatable bonds is 10. The number of ketones is 1. The van der Waals surface area contributed by atoms with Gasteiger partial charge in [-0.2, -0.15) is 0 Å². The highest BCUT2D eigenvalue weighted by Crippen LogP contribution is 2.26. The van der Waals surface area contributed by atoms with Crippen LogP contribution in [0, 0.1) is 0 Å². The van der Waals surface area contributed by atoms with Crippen molar-refractivity contribution in [3.63, 3.8) is 0 Å². The molecule has 0 aliphatic carbocycles. The van der Waals surface area contributed by atoms with Crippen molar-refractivity contribution in [2.45, 2.75) is 25.8 Å². The van der Waals surface area contributed by atoms with E-state index < -0.39 is 0 Å². The van der Waals surface area contributed by atoms with Gasteiger partial charge < -0.3 is 14.4 Å². The summed E-state index contributed by atoms with van der Waals surface area (Å²) in [6.07, 6.45) is 0. The highest BCUT2D eigenvalue weighted by molar-refractivity contribution is 8.13. The highest BCUT2D eigenvalue weighted by Gasteiger charge is 2.16. The molecule has 0 aliphatic rings. The van der Waals surface area contributed by atoms with E-state index >= 15 is 0 Å². The van der Waals surface area contributed by atoms with Crippen LogP contribution in [-0.2, 0) is 18.8 Å². The van der Waals surface area contributed by atoms with Crippen LogP contribution in [0.2, 0.25) is 0 Å². The molecule has 4 aromatic carbocycles. The first-order chi connectivity index (χ1) is 18.5. The molecule has 0 heterocycles. The van der Waals surface area contributed by atoms with Crippen molar-refractivity contribution < 1.29 is 14.3 Å². The van der Waals surface area contributed by atoms with Gasteiger partial charge in [0, 0.05) is 24.4 Å². The van der Waals surface area contributed by atoms with Crippen LogP contribution in [0.5, 0.6) is 11.5 Å². The van der Waals surface area contributed by atoms with Gasteiger partial charge in [-0.05, 0) is 72.1 Å². The molecule has 0 saturated carbocycles. The lowest BCUT2D eigenvalue weighted by Gasteiger charge is -2.26. The van der Waals surface area contributed by atoms with Gasteiger partial charge >= 0.3 is 0 Å². The second-order valence-electron chi connectivity index (χ2n) is 8.82. The van der Waals surface area contributed by atoms with E-state index in [0.717, 1.165) is 39.2 Å². The van der Waals surface area contributed by atoms with Crippen LogP contribution in [0.3, 0.4) is 0 Å². The van der Waals surface area contributed by atoms with E-state index in [0.29, 0.717) is 18.7 Å². The average molecular weight is 525 g/mol. The van der Waals surface area contributed by atoms with E-state index in [1.807, 2.05) is 54.6 Å². The van der Waals surface area contributed by atoms with Gasteiger partial charge in [-0.25, -0.2) is 4.99 Å². The summed E-state index contributed by atoms with van der Waals surface area (Å²) in [5.41, 5.74) is 5.01. The summed E-state index contributed by atoms with van der Waals surface area (Å²) < 4.78 is 10.7. The van der Waals surface area contributed by atoms with Gasteiger partial charge in [-0.15, -0.1) is 0 Å². The second kappa shape index (κ2) is 13.5. The van der Waals surface area contributed by atoms with Crippen LogP contribution in [0.1, 0.15) is 34.0 Å². The lowest BCUT2D eigenvalue weighted by atomic mass is 10.1. The van der Waals surface area contributed by atoms with Crippen molar-refractivity contribution in [2.75, 3.05) is 14.2 Å². The Morgan fingerprint density at radius 1 is 0.711 bits per heavy atom. The van der Waals surface area contributed by atoms with Crippen molar-refractivity contribution in [3.05, 3.63) is 125 Å². The Bertz CT molecular complexity index is 1290. The molecule has 0 aromatic heterocycles. The van der Waals surface area contributed by atoms with Gasteiger partial charge in [-0.3, -0.25) is 4.79 Å². The summed E-state index contributed by atoms with van der Waals surface area (Å²) in [4.78, 5) is 19.1. The number of hydrogen-bond donors (Lipinski definition) is 0. The molecule has 0 amide bonds. The van der Waals surface area contributed by atoms with E-state index in [-0.39, 0.29) is 5.78 Å². The molecule has 38 heavy (non-hydrogen) atoms. The van der Waals surface area contributed by atoms with Crippen molar-refractivity contribution in [2.24, 2.45) is 4.99 Å². The van der Waals surface area contributed by atoms with Gasteiger partial charge in [0.1, 0.15) is 11.5 Å². The summed E-state index contributed by atoms with van der Waals surface area (Å²) in [6, 6.07) is 34.1. The zero-order valence-electron chi connectivity index (χ0n) is 22.0. The molecule has 0 saturated heterocycles. The van der Waals surface area contributed by atoms with Crippen LogP contribution in [-0.4, -0.2) is 30.1 Å². The second-order valence-corrected chi connectivity index (χ2v) is 9.77. The predicted octanol–water partition coefficient (Wildman–Crippen LogP) is 7.53. The molecule has 0 N–H and O–H groups in total. The Hall–Kier alpha value is -4.03. The lowest BCUT2D eigenvalue weighted by Crippen LogP contribution is -2.28. The van der Waals surface area contributed by atoms with Crippen LogP contribution < -0.4 is 9.47 Å². The number of benzene rings is 4. The molecule has 0 spiro atoms. The number of carbonyl (C=O) groups is 1. The van der Waals surface area contributed by atoms with Gasteiger partial charge in [-0.1, -0.05) is 66.4 Å². The molecule has 194 valence electrons. The smallest absolute Gasteiger partial charge is 0.165 e. The van der Waals surface area contributed by atoms with Crippen molar-refractivity contribution in [1.29, 1.82) is 0 Å². The molecule has 0 atom stereocenters. The fourth-order valence-corrected chi connectivity index (χ4v) is 4.86. The molecule has 0 unspecified atom stereocenters. The molecule has 4 rings (SSSR count). The van der Waals surface area contributed by atoms with E-state index in [1.165, 1.54) is 5.56 Å². The summed E-state index contributed by atoms with van der Waals surface area (Å²) in [7, 11) is 3.35. The topological polar surface area (TPSA) is 51.1 Å². The molecule has 4 aromatic rings. The van der Waals surface area contributed by atoms with E-state index in [9.17, 15) is 4.79 Å². The number of methoxy groups -OCH3 is 2. The number of amidine groups is 1. The number of ether oxygens (including phenoxy) is 2. The van der Waals surface area contributed by atoms with E-state index in [2.05, 4.69) is 53.4 Å². The average Bonchev–Trinajstić information content (AvgIpc) is 2.96. The Kier molecular flexibility index (Phi) is 9.59. The Balaban J connectivity index is 1.69. The Labute approximate surface area is 229 Å². The highest BCUT2D eigenvalue weighted by atomic mass is 32.2. The first kappa shape index (κ1) is 27.0. The molecular weight excluding hydrogens is 492 g/mol. The van der Waals surface area contributed by atoms with Gasteiger partial charge in [0.2, 0.25) is 0 Å². The summed E-state index contributed by atoms with van der Waals surface area (Å²) in [5, 5.41) is 0.899. The Morgan fingerprint density at radius 2 is 1.24 bits per heavy atom. The standard InChI is InChI=1S/C32H32N2O3S/c1-24(35)28-13-15-29(16-14-28)33-32(38-23-27-7-5-4-6-8-27)34(21-25-9-17-30(36-2)18-10-25)22-26-11-19-31(37-3)20-12-26/h4-20H,21-23H2,1-3H3. The van der Waals surface area contributed by atoms with Crippen molar-refractivity contribution >= 4 is 28.4 Å². The molecule has 0 aliphatic heterocycles. The number of hydrogen-bond acceptors (Lipinski definition) is 5. The van der Waals surface area contributed by atoms with Crippen LogP contribution in [0.25, 0.3) is 0 Å². The van der Waals surface area contributed by atoms with Gasteiger partial charge in [0.05, 0.1) is 19.9 Å². The Morgan fingerprint density at radius 3 is 1.71 bits per heavy atom. The zero-order valence-corrected chi connectivity index (χ0v) is 22.8. The molecule has 0 bridgehead atoms. The SMILES string of the molecule is COc1ccc(CN(Cc2ccc(OC)cc2)C(=Nc2ccc(C(C)=O)cc2)SCc2ccccc2)cc1. The van der Waals surface area contributed by atoms with Crippen LogP contribution in [0.4, 0.5) is 5.69 Å².